The number of benzene rings is 1. The molecule has 2 N–H and O–H groups in total. The standard InChI is InChI=1S/C12H19NO.ClH/c1-4-12(13)10-5-7-11(8-6-10)14-9(2)3;/h5-9,12H,4,13H2,1-3H3;1H. The van der Waals surface area contributed by atoms with Crippen molar-refractivity contribution < 1.29 is 4.74 Å². The van der Waals surface area contributed by atoms with Gasteiger partial charge in [-0.3, -0.25) is 0 Å². The molecule has 86 valence electrons. The summed E-state index contributed by atoms with van der Waals surface area (Å²) in [5.41, 5.74) is 7.07. The lowest BCUT2D eigenvalue weighted by atomic mass is 10.1. The monoisotopic (exact) mass is 229 g/mol. The minimum atomic E-state index is 0. The molecule has 0 heterocycles. The Bertz CT molecular complexity index is 271. The van der Waals surface area contributed by atoms with Gasteiger partial charge in [0, 0.05) is 6.04 Å². The summed E-state index contributed by atoms with van der Waals surface area (Å²) in [5.74, 6) is 0.909. The SMILES string of the molecule is CCC(N)c1ccc(OC(C)C)cc1.Cl. The summed E-state index contributed by atoms with van der Waals surface area (Å²) in [6, 6.07) is 8.16. The highest BCUT2D eigenvalue weighted by Crippen LogP contribution is 2.18. The van der Waals surface area contributed by atoms with Crippen molar-refractivity contribution in [1.82, 2.24) is 0 Å². The van der Waals surface area contributed by atoms with E-state index in [2.05, 4.69) is 6.92 Å². The molecule has 0 radical (unpaired) electrons. The third-order valence-electron chi connectivity index (χ3n) is 2.12. The predicted molar refractivity (Wildman–Crippen MR) is 66.7 cm³/mol. The summed E-state index contributed by atoms with van der Waals surface area (Å²) >= 11 is 0. The Morgan fingerprint density at radius 1 is 1.20 bits per heavy atom. The Labute approximate surface area is 98.2 Å². The minimum Gasteiger partial charge on any atom is -0.491 e. The van der Waals surface area contributed by atoms with E-state index in [-0.39, 0.29) is 24.6 Å². The van der Waals surface area contributed by atoms with Crippen molar-refractivity contribution in [3.8, 4) is 5.75 Å². The molecule has 1 atom stereocenters. The number of ether oxygens (including phenoxy) is 1. The van der Waals surface area contributed by atoms with Gasteiger partial charge < -0.3 is 10.5 Å². The molecule has 1 aromatic rings. The summed E-state index contributed by atoms with van der Waals surface area (Å²) in [7, 11) is 0. The molecule has 2 nitrogen and oxygen atoms in total. The van der Waals surface area contributed by atoms with Crippen molar-refractivity contribution in [3.05, 3.63) is 29.8 Å². The highest BCUT2D eigenvalue weighted by Gasteiger charge is 2.03. The Morgan fingerprint density at radius 3 is 2.13 bits per heavy atom. The van der Waals surface area contributed by atoms with E-state index in [1.165, 1.54) is 5.56 Å². The fraction of sp³-hybridized carbons (Fsp3) is 0.500. The van der Waals surface area contributed by atoms with Crippen molar-refractivity contribution in [2.75, 3.05) is 0 Å². The number of halogens is 1. The highest BCUT2D eigenvalue weighted by atomic mass is 35.5. The second-order valence-electron chi connectivity index (χ2n) is 3.75. The van der Waals surface area contributed by atoms with Gasteiger partial charge in [0.25, 0.3) is 0 Å². The Hall–Kier alpha value is -0.730. The first-order valence-electron chi connectivity index (χ1n) is 5.15. The summed E-state index contributed by atoms with van der Waals surface area (Å²) in [5, 5.41) is 0. The number of hydrogen-bond donors (Lipinski definition) is 1. The molecule has 0 spiro atoms. The molecule has 0 aliphatic carbocycles. The van der Waals surface area contributed by atoms with Gasteiger partial charge in [-0.15, -0.1) is 12.4 Å². The van der Waals surface area contributed by atoms with E-state index in [9.17, 15) is 0 Å². The van der Waals surface area contributed by atoms with Crippen LogP contribution in [0, 0.1) is 0 Å². The first-order valence-corrected chi connectivity index (χ1v) is 5.15. The van der Waals surface area contributed by atoms with Crippen molar-refractivity contribution in [2.24, 2.45) is 5.73 Å². The minimum absolute atomic E-state index is 0. The maximum Gasteiger partial charge on any atom is 0.119 e. The molecule has 0 amide bonds. The third kappa shape index (κ3) is 4.54. The molecule has 1 unspecified atom stereocenters. The van der Waals surface area contributed by atoms with Crippen LogP contribution in [-0.2, 0) is 0 Å². The molecular weight excluding hydrogens is 210 g/mol. The molecule has 0 aliphatic heterocycles. The number of rotatable bonds is 4. The van der Waals surface area contributed by atoms with E-state index in [1.807, 2.05) is 38.1 Å². The van der Waals surface area contributed by atoms with Crippen LogP contribution in [0.4, 0.5) is 0 Å². The summed E-state index contributed by atoms with van der Waals surface area (Å²) in [6.45, 7) is 6.13. The summed E-state index contributed by atoms with van der Waals surface area (Å²) in [6.07, 6.45) is 1.19. The zero-order valence-corrected chi connectivity index (χ0v) is 10.4. The second kappa shape index (κ2) is 6.70. The van der Waals surface area contributed by atoms with Gasteiger partial charge >= 0.3 is 0 Å². The van der Waals surface area contributed by atoms with Gasteiger partial charge in [0.2, 0.25) is 0 Å². The first-order chi connectivity index (χ1) is 6.63. The smallest absolute Gasteiger partial charge is 0.119 e. The van der Waals surface area contributed by atoms with E-state index in [4.69, 9.17) is 10.5 Å². The van der Waals surface area contributed by atoms with E-state index in [1.54, 1.807) is 0 Å². The van der Waals surface area contributed by atoms with Crippen molar-refractivity contribution in [3.63, 3.8) is 0 Å². The van der Waals surface area contributed by atoms with Gasteiger partial charge in [0.05, 0.1) is 6.10 Å². The summed E-state index contributed by atoms with van der Waals surface area (Å²) < 4.78 is 5.54. The zero-order valence-electron chi connectivity index (χ0n) is 9.57. The topological polar surface area (TPSA) is 35.2 Å². The van der Waals surface area contributed by atoms with Gasteiger partial charge in [-0.1, -0.05) is 19.1 Å². The number of nitrogens with two attached hydrogens (primary N) is 1. The van der Waals surface area contributed by atoms with E-state index in [0.717, 1.165) is 12.2 Å². The first kappa shape index (κ1) is 14.3. The largest absolute Gasteiger partial charge is 0.491 e. The zero-order chi connectivity index (χ0) is 10.6. The highest BCUT2D eigenvalue weighted by molar-refractivity contribution is 5.85. The maximum atomic E-state index is 5.90. The Balaban J connectivity index is 0.00000196. The van der Waals surface area contributed by atoms with Crippen LogP contribution in [0.3, 0.4) is 0 Å². The number of hydrogen-bond acceptors (Lipinski definition) is 2. The average Bonchev–Trinajstić information content (AvgIpc) is 2.17. The van der Waals surface area contributed by atoms with Crippen LogP contribution in [0.2, 0.25) is 0 Å². The van der Waals surface area contributed by atoms with Crippen LogP contribution in [0.25, 0.3) is 0 Å². The maximum absolute atomic E-state index is 5.90. The lowest BCUT2D eigenvalue weighted by Crippen LogP contribution is -2.09. The van der Waals surface area contributed by atoms with Crippen LogP contribution in [0.15, 0.2) is 24.3 Å². The van der Waals surface area contributed by atoms with Gasteiger partial charge in [0.15, 0.2) is 0 Å². The summed E-state index contributed by atoms with van der Waals surface area (Å²) in [4.78, 5) is 0. The average molecular weight is 230 g/mol. The molecule has 1 rings (SSSR count). The molecule has 1 aromatic carbocycles. The quantitative estimate of drug-likeness (QED) is 0.860. The van der Waals surface area contributed by atoms with Crippen molar-refractivity contribution in [1.29, 1.82) is 0 Å². The Morgan fingerprint density at radius 2 is 1.73 bits per heavy atom. The molecular formula is C12H20ClNO. The fourth-order valence-electron chi connectivity index (χ4n) is 1.30. The lowest BCUT2D eigenvalue weighted by molar-refractivity contribution is 0.242. The molecule has 0 aliphatic rings. The van der Waals surface area contributed by atoms with Crippen LogP contribution in [-0.4, -0.2) is 6.10 Å². The fourth-order valence-corrected chi connectivity index (χ4v) is 1.30. The second-order valence-corrected chi connectivity index (χ2v) is 3.75. The Kier molecular flexibility index (Phi) is 6.37. The van der Waals surface area contributed by atoms with Crippen LogP contribution < -0.4 is 10.5 Å². The van der Waals surface area contributed by atoms with Gasteiger partial charge in [-0.05, 0) is 38.0 Å². The predicted octanol–water partition coefficient (Wildman–Crippen LogP) is 3.31. The molecule has 0 bridgehead atoms. The molecule has 0 saturated heterocycles. The molecule has 0 aromatic heterocycles. The van der Waals surface area contributed by atoms with Crippen LogP contribution in [0.1, 0.15) is 38.8 Å². The van der Waals surface area contributed by atoms with Gasteiger partial charge in [-0.2, -0.15) is 0 Å². The third-order valence-corrected chi connectivity index (χ3v) is 2.12. The molecule has 3 heteroatoms. The van der Waals surface area contributed by atoms with E-state index in [0.29, 0.717) is 0 Å². The molecule has 15 heavy (non-hydrogen) atoms. The van der Waals surface area contributed by atoms with Gasteiger partial charge in [-0.25, -0.2) is 0 Å². The van der Waals surface area contributed by atoms with Crippen LogP contribution in [0.5, 0.6) is 5.75 Å². The van der Waals surface area contributed by atoms with Crippen molar-refractivity contribution >= 4 is 12.4 Å². The normalized spacial score (nSPS) is 12.1. The molecule has 0 saturated carbocycles. The van der Waals surface area contributed by atoms with Gasteiger partial charge in [0.1, 0.15) is 5.75 Å². The lowest BCUT2D eigenvalue weighted by Gasteiger charge is -2.12. The van der Waals surface area contributed by atoms with E-state index >= 15 is 0 Å². The van der Waals surface area contributed by atoms with Crippen LogP contribution >= 0.6 is 12.4 Å². The molecule has 0 fully saturated rings. The van der Waals surface area contributed by atoms with Crippen molar-refractivity contribution in [2.45, 2.75) is 39.3 Å². The van der Waals surface area contributed by atoms with E-state index < -0.39 is 0 Å².